The van der Waals surface area contributed by atoms with E-state index in [9.17, 15) is 0 Å². The van der Waals surface area contributed by atoms with Crippen LogP contribution in [-0.4, -0.2) is 12.3 Å². The summed E-state index contributed by atoms with van der Waals surface area (Å²) >= 11 is 13.9. The first kappa shape index (κ1) is 10.5. The third kappa shape index (κ3) is 1.97. The summed E-state index contributed by atoms with van der Waals surface area (Å²) in [5, 5.41) is 1.31. The van der Waals surface area contributed by atoms with Gasteiger partial charge in [0, 0.05) is 18.0 Å². The second-order valence-corrected chi connectivity index (χ2v) is 5.24. The number of anilines is 1. The van der Waals surface area contributed by atoms with Gasteiger partial charge in [-0.2, -0.15) is 0 Å². The highest BCUT2D eigenvalue weighted by atomic mass is 35.5. The topological polar surface area (TPSA) is 3.24 Å². The largest absolute Gasteiger partial charge is 0.316 e. The van der Waals surface area contributed by atoms with E-state index >= 15 is 0 Å². The van der Waals surface area contributed by atoms with Crippen molar-refractivity contribution in [2.45, 2.75) is 13.3 Å². The van der Waals surface area contributed by atoms with Crippen LogP contribution in [0.4, 0.5) is 5.69 Å². The number of halogens is 2. The summed E-state index contributed by atoms with van der Waals surface area (Å²) in [6.45, 7) is 3.08. The number of rotatable bonds is 1. The van der Waals surface area contributed by atoms with E-state index in [0.29, 0.717) is 10.0 Å². The summed E-state index contributed by atoms with van der Waals surface area (Å²) < 4.78 is 2.27. The van der Waals surface area contributed by atoms with Crippen LogP contribution in [0.15, 0.2) is 12.1 Å². The Kier molecular flexibility index (Phi) is 3.15. The highest BCUT2D eigenvalue weighted by Gasteiger charge is 2.15. The van der Waals surface area contributed by atoms with Crippen molar-refractivity contribution in [3.63, 3.8) is 0 Å². The zero-order valence-electron chi connectivity index (χ0n) is 7.89. The Morgan fingerprint density at radius 3 is 2.71 bits per heavy atom. The predicted octanol–water partition coefficient (Wildman–Crippen LogP) is 4.16. The van der Waals surface area contributed by atoms with Crippen molar-refractivity contribution in [1.29, 1.82) is 0 Å². The van der Waals surface area contributed by atoms with E-state index in [1.807, 2.05) is 24.9 Å². The van der Waals surface area contributed by atoms with Gasteiger partial charge < -0.3 is 4.31 Å². The zero-order chi connectivity index (χ0) is 10.1. The van der Waals surface area contributed by atoms with E-state index in [1.165, 1.54) is 17.9 Å². The maximum atomic E-state index is 6.03. The number of aryl methyl sites for hydroxylation is 1. The second-order valence-electron chi connectivity index (χ2n) is 3.35. The molecule has 1 saturated heterocycles. The van der Waals surface area contributed by atoms with E-state index < -0.39 is 0 Å². The molecule has 0 bridgehead atoms. The summed E-state index contributed by atoms with van der Waals surface area (Å²) in [5.41, 5.74) is 2.21. The average Bonchev–Trinajstić information content (AvgIpc) is 2.66. The van der Waals surface area contributed by atoms with Gasteiger partial charge in [-0.3, -0.25) is 0 Å². The van der Waals surface area contributed by atoms with Crippen LogP contribution in [0.2, 0.25) is 10.0 Å². The Bertz CT molecular complexity index is 325. The number of hydrogen-bond acceptors (Lipinski definition) is 2. The van der Waals surface area contributed by atoms with Crippen LogP contribution < -0.4 is 4.31 Å². The van der Waals surface area contributed by atoms with Crippen LogP contribution in [0.3, 0.4) is 0 Å². The molecule has 4 heteroatoms. The third-order valence-electron chi connectivity index (χ3n) is 2.24. The summed E-state index contributed by atoms with van der Waals surface area (Å²) in [6.07, 6.45) is 1.24. The quantitative estimate of drug-likeness (QED) is 0.686. The number of hydrogen-bond donors (Lipinski definition) is 0. The van der Waals surface area contributed by atoms with Crippen LogP contribution in [-0.2, 0) is 0 Å². The van der Waals surface area contributed by atoms with E-state index in [1.54, 1.807) is 0 Å². The first-order valence-electron chi connectivity index (χ1n) is 4.54. The minimum absolute atomic E-state index is 0.647. The molecule has 0 N–H and O–H groups in total. The normalized spacial score (nSPS) is 16.4. The Hall–Kier alpha value is -0.0500. The van der Waals surface area contributed by atoms with Gasteiger partial charge in [-0.05, 0) is 43.0 Å². The van der Waals surface area contributed by atoms with Gasteiger partial charge in [-0.1, -0.05) is 23.2 Å². The molecule has 1 aromatic rings. The smallest absolute Gasteiger partial charge is 0.0623 e. The Labute approximate surface area is 98.5 Å². The maximum absolute atomic E-state index is 6.03. The van der Waals surface area contributed by atoms with E-state index in [0.717, 1.165) is 12.1 Å². The molecule has 0 saturated carbocycles. The monoisotopic (exact) mass is 247 g/mol. The molecule has 2 rings (SSSR count). The molecule has 76 valence electrons. The van der Waals surface area contributed by atoms with Crippen LogP contribution in [0.25, 0.3) is 0 Å². The summed E-state index contributed by atoms with van der Waals surface area (Å²) in [5.74, 6) is 1.19. The second kappa shape index (κ2) is 4.21. The highest BCUT2D eigenvalue weighted by molar-refractivity contribution is 8.00. The van der Waals surface area contributed by atoms with Crippen molar-refractivity contribution in [3.05, 3.63) is 27.7 Å². The molecule has 1 fully saturated rings. The lowest BCUT2D eigenvalue weighted by Gasteiger charge is -2.17. The lowest BCUT2D eigenvalue weighted by Crippen LogP contribution is -2.08. The summed E-state index contributed by atoms with van der Waals surface area (Å²) in [7, 11) is 0. The van der Waals surface area contributed by atoms with Gasteiger partial charge in [-0.15, -0.1) is 0 Å². The van der Waals surface area contributed by atoms with Crippen molar-refractivity contribution in [2.24, 2.45) is 0 Å². The maximum Gasteiger partial charge on any atom is 0.0623 e. The van der Waals surface area contributed by atoms with Crippen molar-refractivity contribution in [1.82, 2.24) is 0 Å². The van der Waals surface area contributed by atoms with Gasteiger partial charge >= 0.3 is 0 Å². The van der Waals surface area contributed by atoms with Gasteiger partial charge in [-0.25, -0.2) is 0 Å². The number of nitrogens with zero attached hydrogens (tertiary/aromatic N) is 1. The molecule has 0 atom stereocenters. The average molecular weight is 248 g/mol. The fourth-order valence-corrected chi connectivity index (χ4v) is 2.86. The van der Waals surface area contributed by atoms with E-state index in [4.69, 9.17) is 23.2 Å². The molecule has 1 aliphatic heterocycles. The Morgan fingerprint density at radius 2 is 2.14 bits per heavy atom. The summed E-state index contributed by atoms with van der Waals surface area (Å²) in [6, 6.07) is 4.03. The SMILES string of the molecule is Cc1cc(N2CCCS2)cc(Cl)c1Cl. The van der Waals surface area contributed by atoms with Gasteiger partial charge in [0.15, 0.2) is 0 Å². The minimum Gasteiger partial charge on any atom is -0.316 e. The van der Waals surface area contributed by atoms with Crippen molar-refractivity contribution >= 4 is 40.8 Å². The summed E-state index contributed by atoms with van der Waals surface area (Å²) in [4.78, 5) is 0. The van der Waals surface area contributed by atoms with Gasteiger partial charge in [0.2, 0.25) is 0 Å². The molecule has 0 unspecified atom stereocenters. The van der Waals surface area contributed by atoms with Crippen LogP contribution in [0.1, 0.15) is 12.0 Å². The van der Waals surface area contributed by atoms with Crippen molar-refractivity contribution < 1.29 is 0 Å². The molecule has 0 amide bonds. The first-order chi connectivity index (χ1) is 6.68. The van der Waals surface area contributed by atoms with Crippen LogP contribution in [0.5, 0.6) is 0 Å². The molecule has 14 heavy (non-hydrogen) atoms. The third-order valence-corrected chi connectivity index (χ3v) is 4.31. The van der Waals surface area contributed by atoms with Gasteiger partial charge in [0.1, 0.15) is 0 Å². The minimum atomic E-state index is 0.647. The first-order valence-corrected chi connectivity index (χ1v) is 6.24. The highest BCUT2D eigenvalue weighted by Crippen LogP contribution is 2.35. The molecule has 1 nitrogen and oxygen atoms in total. The van der Waals surface area contributed by atoms with E-state index in [2.05, 4.69) is 10.4 Å². The lowest BCUT2D eigenvalue weighted by atomic mass is 10.2. The molecular formula is C10H11Cl2NS. The molecular weight excluding hydrogens is 237 g/mol. The molecule has 0 aromatic heterocycles. The fraction of sp³-hybridized carbons (Fsp3) is 0.400. The lowest BCUT2D eigenvalue weighted by molar-refractivity contribution is 0.989. The molecule has 1 aromatic carbocycles. The fourth-order valence-electron chi connectivity index (χ4n) is 1.50. The van der Waals surface area contributed by atoms with Gasteiger partial charge in [0.05, 0.1) is 10.0 Å². The Balaban J connectivity index is 2.34. The Morgan fingerprint density at radius 1 is 1.36 bits per heavy atom. The van der Waals surface area contributed by atoms with Crippen molar-refractivity contribution in [3.8, 4) is 0 Å². The van der Waals surface area contributed by atoms with Crippen molar-refractivity contribution in [2.75, 3.05) is 16.6 Å². The standard InChI is InChI=1S/C10H11Cl2NS/c1-7-5-8(6-9(11)10(7)12)13-3-2-4-14-13/h5-6H,2-4H2,1H3. The zero-order valence-corrected chi connectivity index (χ0v) is 10.2. The van der Waals surface area contributed by atoms with E-state index in [-0.39, 0.29) is 0 Å². The van der Waals surface area contributed by atoms with Gasteiger partial charge in [0.25, 0.3) is 0 Å². The molecule has 0 spiro atoms. The number of benzene rings is 1. The van der Waals surface area contributed by atoms with Crippen LogP contribution in [0, 0.1) is 6.92 Å². The molecule has 0 radical (unpaired) electrons. The predicted molar refractivity (Wildman–Crippen MR) is 65.6 cm³/mol. The molecule has 1 heterocycles. The molecule has 1 aliphatic rings. The van der Waals surface area contributed by atoms with Crippen LogP contribution >= 0.6 is 35.1 Å². The molecule has 0 aliphatic carbocycles.